The molecule has 0 aliphatic carbocycles. The third-order valence-electron chi connectivity index (χ3n) is 4.25. The monoisotopic (exact) mass is 347 g/mol. The molecule has 0 N–H and O–H groups in total. The Morgan fingerprint density at radius 2 is 1.76 bits per heavy atom. The highest BCUT2D eigenvalue weighted by Crippen LogP contribution is 2.23. The van der Waals surface area contributed by atoms with Gasteiger partial charge in [0.15, 0.2) is 0 Å². The van der Waals surface area contributed by atoms with Gasteiger partial charge in [0.2, 0.25) is 0 Å². The van der Waals surface area contributed by atoms with Gasteiger partial charge >= 0.3 is 12.1 Å². The summed E-state index contributed by atoms with van der Waals surface area (Å²) in [6.45, 7) is 7.32. The molecule has 5 heteroatoms. The molecule has 0 saturated carbocycles. The fourth-order valence-corrected chi connectivity index (χ4v) is 2.93. The molecule has 1 heterocycles. The maximum Gasteiger partial charge on any atom is 0.410 e. The second kappa shape index (κ2) is 8.88. The summed E-state index contributed by atoms with van der Waals surface area (Å²) in [5.74, 6) is 0.322. The summed E-state index contributed by atoms with van der Waals surface area (Å²) in [5, 5.41) is 0. The number of carbonyl (C=O) groups excluding carboxylic acids is 2. The van der Waals surface area contributed by atoms with Gasteiger partial charge in [0, 0.05) is 19.5 Å². The first-order valence-electron chi connectivity index (χ1n) is 9.01. The summed E-state index contributed by atoms with van der Waals surface area (Å²) < 4.78 is 10.7. The summed E-state index contributed by atoms with van der Waals surface area (Å²) in [4.78, 5) is 25.7. The normalized spacial score (nSPS) is 15.7. The lowest BCUT2D eigenvalue weighted by molar-refractivity contribution is -0.155. The van der Waals surface area contributed by atoms with Gasteiger partial charge in [-0.05, 0) is 51.5 Å². The predicted octanol–water partition coefficient (Wildman–Crippen LogP) is 4.16. The van der Waals surface area contributed by atoms with Crippen LogP contribution in [0.1, 0.15) is 52.0 Å². The topological polar surface area (TPSA) is 55.8 Å². The number of benzene rings is 1. The summed E-state index contributed by atoms with van der Waals surface area (Å²) in [6.07, 6.45) is 2.82. The van der Waals surface area contributed by atoms with Crippen LogP contribution in [0.15, 0.2) is 30.3 Å². The summed E-state index contributed by atoms with van der Waals surface area (Å²) in [5.41, 5.74) is 0.561. The van der Waals surface area contributed by atoms with Gasteiger partial charge in [0.1, 0.15) is 12.2 Å². The molecule has 25 heavy (non-hydrogen) atoms. The Kier molecular flexibility index (Phi) is 6.85. The van der Waals surface area contributed by atoms with Crippen LogP contribution >= 0.6 is 0 Å². The molecule has 1 aliphatic rings. The molecule has 0 unspecified atom stereocenters. The lowest BCUT2D eigenvalue weighted by Crippen LogP contribution is -2.38. The molecule has 5 nitrogen and oxygen atoms in total. The Labute approximate surface area is 150 Å². The van der Waals surface area contributed by atoms with E-state index in [-0.39, 0.29) is 12.1 Å². The van der Waals surface area contributed by atoms with Crippen molar-refractivity contribution in [3.8, 4) is 0 Å². The third-order valence-corrected chi connectivity index (χ3v) is 4.25. The van der Waals surface area contributed by atoms with Crippen molar-refractivity contribution in [3.63, 3.8) is 0 Å². The number of hydrogen-bond acceptors (Lipinski definition) is 4. The Bertz CT molecular complexity index is 557. The zero-order valence-electron chi connectivity index (χ0n) is 15.5. The Hall–Kier alpha value is -2.04. The molecule has 0 bridgehead atoms. The van der Waals surface area contributed by atoms with E-state index in [1.165, 1.54) is 0 Å². The van der Waals surface area contributed by atoms with E-state index in [0.717, 1.165) is 24.8 Å². The van der Waals surface area contributed by atoms with Gasteiger partial charge in [-0.1, -0.05) is 30.3 Å². The number of carbonyl (C=O) groups is 2. The number of nitrogens with zero attached hydrogens (tertiary/aromatic N) is 1. The number of likely N-dealkylation sites (tertiary alicyclic amines) is 1. The average molecular weight is 347 g/mol. The summed E-state index contributed by atoms with van der Waals surface area (Å²) in [6, 6.07) is 9.68. The summed E-state index contributed by atoms with van der Waals surface area (Å²) in [7, 11) is 0. The minimum atomic E-state index is -0.428. The molecule has 0 radical (unpaired) electrons. The van der Waals surface area contributed by atoms with Gasteiger partial charge in [0.25, 0.3) is 0 Å². The second-order valence-corrected chi connectivity index (χ2v) is 7.60. The van der Waals surface area contributed by atoms with Crippen molar-refractivity contribution < 1.29 is 19.1 Å². The van der Waals surface area contributed by atoms with Crippen LogP contribution in [0.25, 0.3) is 0 Å². The van der Waals surface area contributed by atoms with Crippen molar-refractivity contribution in [2.75, 3.05) is 13.1 Å². The third kappa shape index (κ3) is 7.16. The number of hydrogen-bond donors (Lipinski definition) is 0. The predicted molar refractivity (Wildman–Crippen MR) is 96.0 cm³/mol. The number of ether oxygens (including phenoxy) is 2. The number of piperidine rings is 1. The molecule has 138 valence electrons. The molecule has 1 aromatic carbocycles. The van der Waals surface area contributed by atoms with Crippen molar-refractivity contribution in [2.45, 2.75) is 58.7 Å². The van der Waals surface area contributed by atoms with E-state index in [4.69, 9.17) is 9.47 Å². The van der Waals surface area contributed by atoms with E-state index >= 15 is 0 Å². The maximum atomic E-state index is 12.1. The zero-order chi connectivity index (χ0) is 18.3. The Balaban J connectivity index is 1.65. The van der Waals surface area contributed by atoms with Gasteiger partial charge in [0.05, 0.1) is 0 Å². The van der Waals surface area contributed by atoms with Crippen LogP contribution in [0.4, 0.5) is 4.79 Å². The Morgan fingerprint density at radius 3 is 2.36 bits per heavy atom. The van der Waals surface area contributed by atoms with Crippen LogP contribution in [0.2, 0.25) is 0 Å². The minimum absolute atomic E-state index is 0.141. The number of amides is 1. The Morgan fingerprint density at radius 1 is 1.12 bits per heavy atom. The standard InChI is InChI=1S/C20H29NO4/c1-20(2,3)25-18(22)10-9-16-11-13-21(14-12-16)19(23)24-15-17-7-5-4-6-8-17/h4-8,16H,9-15H2,1-3H3. The fourth-order valence-electron chi connectivity index (χ4n) is 2.93. The van der Waals surface area contributed by atoms with Crippen molar-refractivity contribution in [1.82, 2.24) is 4.90 Å². The van der Waals surface area contributed by atoms with Crippen LogP contribution in [-0.4, -0.2) is 35.7 Å². The average Bonchev–Trinajstić information content (AvgIpc) is 2.58. The van der Waals surface area contributed by atoms with Crippen molar-refractivity contribution in [2.24, 2.45) is 5.92 Å². The van der Waals surface area contributed by atoms with Gasteiger partial charge in [-0.25, -0.2) is 4.79 Å². The smallest absolute Gasteiger partial charge is 0.410 e. The van der Waals surface area contributed by atoms with Gasteiger partial charge < -0.3 is 14.4 Å². The lowest BCUT2D eigenvalue weighted by Gasteiger charge is -2.31. The van der Waals surface area contributed by atoms with Crippen LogP contribution in [0.3, 0.4) is 0 Å². The van der Waals surface area contributed by atoms with Crippen LogP contribution in [-0.2, 0) is 20.9 Å². The highest BCUT2D eigenvalue weighted by molar-refractivity contribution is 5.70. The van der Waals surface area contributed by atoms with Gasteiger partial charge in [-0.3, -0.25) is 4.79 Å². The van der Waals surface area contributed by atoms with E-state index in [1.54, 1.807) is 4.90 Å². The number of esters is 1. The fraction of sp³-hybridized carbons (Fsp3) is 0.600. The first kappa shape index (κ1) is 19.3. The van der Waals surface area contributed by atoms with Crippen LogP contribution in [0, 0.1) is 5.92 Å². The lowest BCUT2D eigenvalue weighted by atomic mass is 9.92. The molecule has 1 aliphatic heterocycles. The highest BCUT2D eigenvalue weighted by atomic mass is 16.6. The molecule has 0 spiro atoms. The molecule has 1 saturated heterocycles. The molecule has 1 aromatic rings. The maximum absolute atomic E-state index is 12.1. The molecule has 2 rings (SSSR count). The largest absolute Gasteiger partial charge is 0.460 e. The van der Waals surface area contributed by atoms with Crippen molar-refractivity contribution >= 4 is 12.1 Å². The SMILES string of the molecule is CC(C)(C)OC(=O)CCC1CCN(C(=O)OCc2ccccc2)CC1. The molecule has 1 fully saturated rings. The minimum Gasteiger partial charge on any atom is -0.460 e. The van der Waals surface area contributed by atoms with Crippen LogP contribution < -0.4 is 0 Å². The molecule has 0 atom stereocenters. The molecular weight excluding hydrogens is 318 g/mol. The van der Waals surface area contributed by atoms with Gasteiger partial charge in [-0.2, -0.15) is 0 Å². The van der Waals surface area contributed by atoms with E-state index < -0.39 is 5.60 Å². The quantitative estimate of drug-likeness (QED) is 0.751. The zero-order valence-corrected chi connectivity index (χ0v) is 15.5. The van der Waals surface area contributed by atoms with E-state index in [2.05, 4.69) is 0 Å². The highest BCUT2D eigenvalue weighted by Gasteiger charge is 2.25. The molecule has 0 aromatic heterocycles. The van der Waals surface area contributed by atoms with E-state index in [9.17, 15) is 9.59 Å². The summed E-state index contributed by atoms with van der Waals surface area (Å²) >= 11 is 0. The van der Waals surface area contributed by atoms with Gasteiger partial charge in [-0.15, -0.1) is 0 Å². The molecule has 1 amide bonds. The van der Waals surface area contributed by atoms with Crippen LogP contribution in [0.5, 0.6) is 0 Å². The molecular formula is C20H29NO4. The van der Waals surface area contributed by atoms with E-state index in [0.29, 0.717) is 32.0 Å². The second-order valence-electron chi connectivity index (χ2n) is 7.60. The first-order chi connectivity index (χ1) is 11.8. The van der Waals surface area contributed by atoms with Crippen molar-refractivity contribution in [1.29, 1.82) is 0 Å². The first-order valence-corrected chi connectivity index (χ1v) is 9.01. The van der Waals surface area contributed by atoms with Crippen molar-refractivity contribution in [3.05, 3.63) is 35.9 Å². The van der Waals surface area contributed by atoms with E-state index in [1.807, 2.05) is 51.1 Å². The number of rotatable bonds is 5.